The molecule has 44 heavy (non-hydrogen) atoms. The molecule has 2 nitrogen and oxygen atoms in total. The Morgan fingerprint density at radius 3 is 1.43 bits per heavy atom. The zero-order valence-electron chi connectivity index (χ0n) is 23.7. The highest BCUT2D eigenvalue weighted by molar-refractivity contribution is 6.31. The van der Waals surface area contributed by atoms with E-state index in [1.807, 2.05) is 12.1 Å². The number of para-hydroxylation sites is 1. The van der Waals surface area contributed by atoms with Gasteiger partial charge in [-0.3, -0.25) is 0 Å². The molecule has 0 bridgehead atoms. The molecule has 0 aliphatic carbocycles. The van der Waals surface area contributed by atoms with Crippen molar-refractivity contribution in [3.05, 3.63) is 146 Å². The maximum absolute atomic E-state index is 6.65. The van der Waals surface area contributed by atoms with Crippen LogP contribution in [0.4, 0.5) is 0 Å². The van der Waals surface area contributed by atoms with Gasteiger partial charge in [-0.2, -0.15) is 0 Å². The molecule has 2 aromatic heterocycles. The first-order valence-electron chi connectivity index (χ1n) is 15.0. The Hall–Kier alpha value is -5.86. The van der Waals surface area contributed by atoms with Gasteiger partial charge < -0.3 is 8.83 Å². The number of benzene rings is 8. The SMILES string of the molecule is c1ccc(-c2c3ccccc3c(-c3ccc4c(c3)oc3ccc5ccc6oc7ccccc7c6c5c34)c3ccccc23)cc1. The van der Waals surface area contributed by atoms with Crippen LogP contribution in [0.2, 0.25) is 0 Å². The summed E-state index contributed by atoms with van der Waals surface area (Å²) in [7, 11) is 0. The fourth-order valence-electron chi connectivity index (χ4n) is 7.41. The lowest BCUT2D eigenvalue weighted by Gasteiger charge is -2.17. The Kier molecular flexibility index (Phi) is 4.75. The van der Waals surface area contributed by atoms with Crippen molar-refractivity contribution in [2.45, 2.75) is 0 Å². The normalized spacial score (nSPS) is 12.1. The molecule has 0 saturated carbocycles. The third kappa shape index (κ3) is 3.20. The predicted octanol–water partition coefficient (Wildman–Crippen LogP) is 12.3. The van der Waals surface area contributed by atoms with Crippen molar-refractivity contribution in [2.24, 2.45) is 0 Å². The Balaban J connectivity index is 1.30. The summed E-state index contributed by atoms with van der Waals surface area (Å²) in [6.07, 6.45) is 0. The monoisotopic (exact) mass is 560 g/mol. The van der Waals surface area contributed by atoms with Crippen LogP contribution in [0.25, 0.3) is 98.4 Å². The van der Waals surface area contributed by atoms with Crippen molar-refractivity contribution in [3.63, 3.8) is 0 Å². The smallest absolute Gasteiger partial charge is 0.136 e. The predicted molar refractivity (Wildman–Crippen MR) is 184 cm³/mol. The molecule has 0 unspecified atom stereocenters. The van der Waals surface area contributed by atoms with Gasteiger partial charge in [-0.15, -0.1) is 0 Å². The van der Waals surface area contributed by atoms with Crippen LogP contribution < -0.4 is 0 Å². The first kappa shape index (κ1) is 23.7. The first-order valence-corrected chi connectivity index (χ1v) is 15.0. The second-order valence-electron chi connectivity index (χ2n) is 11.6. The maximum atomic E-state index is 6.65. The summed E-state index contributed by atoms with van der Waals surface area (Å²) in [5.41, 5.74) is 8.44. The molecule has 0 aliphatic rings. The number of fused-ring (bicyclic) bond motifs is 11. The van der Waals surface area contributed by atoms with E-state index in [1.165, 1.54) is 49.0 Å². The molecule has 2 heterocycles. The number of furan rings is 2. The van der Waals surface area contributed by atoms with E-state index in [-0.39, 0.29) is 0 Å². The summed E-state index contributed by atoms with van der Waals surface area (Å²) in [5, 5.41) is 11.8. The zero-order valence-corrected chi connectivity index (χ0v) is 23.7. The Labute approximate surface area is 252 Å². The standard InChI is InChI=1S/C42H24O2/c1-2-10-25(11-3-1)38-28-12-4-6-14-30(28)39(31-15-7-5-13-29(31)38)27-18-21-33-37(24-27)44-36-23-20-26-19-22-35-41(40(26)42(33)36)32-16-8-9-17-34(32)43-35/h1-24H. The summed E-state index contributed by atoms with van der Waals surface area (Å²) in [5.74, 6) is 0. The number of hydrogen-bond acceptors (Lipinski definition) is 2. The highest BCUT2D eigenvalue weighted by atomic mass is 16.3. The van der Waals surface area contributed by atoms with E-state index in [9.17, 15) is 0 Å². The van der Waals surface area contributed by atoms with Crippen molar-refractivity contribution in [3.8, 4) is 22.3 Å². The van der Waals surface area contributed by atoms with Crippen LogP contribution in [0.3, 0.4) is 0 Å². The molecule has 10 aromatic rings. The highest BCUT2D eigenvalue weighted by Gasteiger charge is 2.20. The van der Waals surface area contributed by atoms with Crippen molar-refractivity contribution >= 4 is 76.2 Å². The molecule has 0 fully saturated rings. The number of rotatable bonds is 2. The maximum Gasteiger partial charge on any atom is 0.136 e. The van der Waals surface area contributed by atoms with Gasteiger partial charge in [0.05, 0.1) is 0 Å². The lowest BCUT2D eigenvalue weighted by molar-refractivity contribution is 0.669. The van der Waals surface area contributed by atoms with Crippen LogP contribution in [0.15, 0.2) is 154 Å². The molecule has 0 saturated heterocycles. The molecule has 204 valence electrons. The summed E-state index contributed by atoms with van der Waals surface area (Å²) in [4.78, 5) is 0. The van der Waals surface area contributed by atoms with E-state index in [0.717, 1.165) is 49.4 Å². The van der Waals surface area contributed by atoms with Crippen molar-refractivity contribution in [1.82, 2.24) is 0 Å². The van der Waals surface area contributed by atoms with Crippen LogP contribution in [0.5, 0.6) is 0 Å². The molecular weight excluding hydrogens is 536 g/mol. The Morgan fingerprint density at radius 1 is 0.295 bits per heavy atom. The molecular formula is C42H24O2. The van der Waals surface area contributed by atoms with Gasteiger partial charge >= 0.3 is 0 Å². The molecule has 0 radical (unpaired) electrons. The van der Waals surface area contributed by atoms with Crippen LogP contribution in [0, 0.1) is 0 Å². The Morgan fingerprint density at radius 2 is 0.795 bits per heavy atom. The molecule has 8 aromatic carbocycles. The average molecular weight is 561 g/mol. The van der Waals surface area contributed by atoms with Crippen molar-refractivity contribution < 1.29 is 8.83 Å². The fraction of sp³-hybridized carbons (Fsp3) is 0. The van der Waals surface area contributed by atoms with Gasteiger partial charge in [0, 0.05) is 26.9 Å². The summed E-state index contributed by atoms with van der Waals surface area (Å²) in [6, 6.07) is 51.8. The molecule has 0 aliphatic heterocycles. The quantitative estimate of drug-likeness (QED) is 0.197. The molecule has 0 spiro atoms. The van der Waals surface area contributed by atoms with Crippen LogP contribution in [-0.2, 0) is 0 Å². The van der Waals surface area contributed by atoms with Crippen LogP contribution >= 0.6 is 0 Å². The molecule has 0 amide bonds. The molecule has 10 rings (SSSR count). The van der Waals surface area contributed by atoms with Gasteiger partial charge in [-0.25, -0.2) is 0 Å². The minimum absolute atomic E-state index is 0.884. The lowest BCUT2D eigenvalue weighted by Crippen LogP contribution is -1.90. The zero-order chi connectivity index (χ0) is 28.8. The van der Waals surface area contributed by atoms with E-state index in [2.05, 4.69) is 133 Å². The second-order valence-corrected chi connectivity index (χ2v) is 11.6. The first-order chi connectivity index (χ1) is 21.8. The minimum Gasteiger partial charge on any atom is -0.456 e. The molecule has 0 N–H and O–H groups in total. The summed E-state index contributed by atoms with van der Waals surface area (Å²) >= 11 is 0. The molecule has 0 atom stereocenters. The average Bonchev–Trinajstić information content (AvgIpc) is 3.65. The van der Waals surface area contributed by atoms with Gasteiger partial charge in [-0.05, 0) is 79.5 Å². The summed E-state index contributed by atoms with van der Waals surface area (Å²) in [6.45, 7) is 0. The third-order valence-electron chi connectivity index (χ3n) is 9.24. The van der Waals surface area contributed by atoms with Crippen LogP contribution in [0.1, 0.15) is 0 Å². The van der Waals surface area contributed by atoms with E-state index >= 15 is 0 Å². The van der Waals surface area contributed by atoms with Gasteiger partial charge in [0.1, 0.15) is 22.3 Å². The highest BCUT2D eigenvalue weighted by Crippen LogP contribution is 2.46. The van der Waals surface area contributed by atoms with Gasteiger partial charge in [0.2, 0.25) is 0 Å². The summed E-state index contributed by atoms with van der Waals surface area (Å²) < 4.78 is 12.9. The van der Waals surface area contributed by atoms with E-state index in [0.29, 0.717) is 0 Å². The largest absolute Gasteiger partial charge is 0.456 e. The van der Waals surface area contributed by atoms with E-state index < -0.39 is 0 Å². The van der Waals surface area contributed by atoms with E-state index in [1.54, 1.807) is 0 Å². The van der Waals surface area contributed by atoms with Crippen molar-refractivity contribution in [1.29, 1.82) is 0 Å². The molecule has 2 heteroatoms. The fourth-order valence-corrected chi connectivity index (χ4v) is 7.41. The van der Waals surface area contributed by atoms with Gasteiger partial charge in [0.25, 0.3) is 0 Å². The van der Waals surface area contributed by atoms with Crippen LogP contribution in [-0.4, -0.2) is 0 Å². The minimum atomic E-state index is 0.884. The van der Waals surface area contributed by atoms with E-state index in [4.69, 9.17) is 8.83 Å². The van der Waals surface area contributed by atoms with Gasteiger partial charge in [-0.1, -0.05) is 115 Å². The lowest BCUT2D eigenvalue weighted by atomic mass is 9.86. The van der Waals surface area contributed by atoms with Gasteiger partial charge in [0.15, 0.2) is 0 Å². The number of hydrogen-bond donors (Lipinski definition) is 0. The third-order valence-corrected chi connectivity index (χ3v) is 9.24. The topological polar surface area (TPSA) is 26.3 Å². The second kappa shape index (κ2) is 8.82. The Bertz CT molecular complexity index is 2700. The van der Waals surface area contributed by atoms with Crippen molar-refractivity contribution in [2.75, 3.05) is 0 Å².